The van der Waals surface area contributed by atoms with E-state index in [1.807, 2.05) is 13.0 Å². The third-order valence-corrected chi connectivity index (χ3v) is 5.67. The standard InChI is InChI=1S/C17H23NO3S/c1-3-4-6-14-7-5-8-16(14)17(19)18-22(20,21)15-11-9-13(2)10-12-15/h3,9-12,14,16H,1,4-8H2,2H3,(H,18,19). The molecule has 1 fully saturated rings. The van der Waals surface area contributed by atoms with Crippen LogP contribution in [0, 0.1) is 18.8 Å². The predicted molar refractivity (Wildman–Crippen MR) is 86.8 cm³/mol. The first-order valence-corrected chi connectivity index (χ1v) is 9.16. The third-order valence-electron chi connectivity index (χ3n) is 4.30. The maximum atomic E-state index is 12.4. The van der Waals surface area contributed by atoms with Gasteiger partial charge < -0.3 is 0 Å². The van der Waals surface area contributed by atoms with Crippen molar-refractivity contribution in [3.8, 4) is 0 Å². The van der Waals surface area contributed by atoms with Crippen molar-refractivity contribution in [1.82, 2.24) is 4.72 Å². The van der Waals surface area contributed by atoms with Crippen molar-refractivity contribution in [2.45, 2.75) is 43.9 Å². The molecule has 0 heterocycles. The first kappa shape index (κ1) is 16.7. The average Bonchev–Trinajstić information content (AvgIpc) is 2.93. The largest absolute Gasteiger partial charge is 0.274 e. The molecule has 1 amide bonds. The number of allylic oxidation sites excluding steroid dienone is 1. The molecule has 2 rings (SSSR count). The molecule has 0 saturated heterocycles. The van der Waals surface area contributed by atoms with Crippen LogP contribution in [-0.4, -0.2) is 14.3 Å². The van der Waals surface area contributed by atoms with Crippen LogP contribution in [0.1, 0.15) is 37.7 Å². The number of hydrogen-bond donors (Lipinski definition) is 1. The second-order valence-corrected chi connectivity index (χ2v) is 7.63. The van der Waals surface area contributed by atoms with Crippen LogP contribution in [0.3, 0.4) is 0 Å². The topological polar surface area (TPSA) is 63.2 Å². The predicted octanol–water partition coefficient (Wildman–Crippen LogP) is 3.18. The van der Waals surface area contributed by atoms with Gasteiger partial charge in [-0.3, -0.25) is 4.79 Å². The summed E-state index contributed by atoms with van der Waals surface area (Å²) in [5.74, 6) is -0.321. The van der Waals surface area contributed by atoms with Crippen molar-refractivity contribution in [3.63, 3.8) is 0 Å². The van der Waals surface area contributed by atoms with Gasteiger partial charge in [0.25, 0.3) is 10.0 Å². The number of aryl methyl sites for hydroxylation is 1. The molecule has 0 radical (unpaired) electrons. The van der Waals surface area contributed by atoms with Gasteiger partial charge in [-0.15, -0.1) is 6.58 Å². The van der Waals surface area contributed by atoms with Gasteiger partial charge in [0, 0.05) is 5.92 Å². The monoisotopic (exact) mass is 321 g/mol. The molecule has 4 nitrogen and oxygen atoms in total. The summed E-state index contributed by atoms with van der Waals surface area (Å²) < 4.78 is 26.8. The Kier molecular flexibility index (Phi) is 5.40. The number of rotatable bonds is 6. The lowest BCUT2D eigenvalue weighted by Crippen LogP contribution is -2.37. The zero-order chi connectivity index (χ0) is 16.2. The highest BCUT2D eigenvalue weighted by atomic mass is 32.2. The van der Waals surface area contributed by atoms with Crippen molar-refractivity contribution in [3.05, 3.63) is 42.5 Å². The van der Waals surface area contributed by atoms with E-state index in [4.69, 9.17) is 0 Å². The Balaban J connectivity index is 2.07. The lowest BCUT2D eigenvalue weighted by atomic mass is 9.91. The number of amides is 1. The van der Waals surface area contributed by atoms with E-state index in [9.17, 15) is 13.2 Å². The Morgan fingerprint density at radius 3 is 2.64 bits per heavy atom. The Labute approximate surface area is 132 Å². The number of nitrogens with one attached hydrogen (secondary N) is 1. The molecule has 2 atom stereocenters. The van der Waals surface area contributed by atoms with E-state index in [1.165, 1.54) is 12.1 Å². The normalized spacial score (nSPS) is 21.5. The second kappa shape index (κ2) is 7.09. The summed E-state index contributed by atoms with van der Waals surface area (Å²) in [5.41, 5.74) is 0.977. The van der Waals surface area contributed by atoms with Gasteiger partial charge >= 0.3 is 0 Å². The van der Waals surface area contributed by atoms with E-state index in [1.54, 1.807) is 12.1 Å². The Morgan fingerprint density at radius 2 is 2.00 bits per heavy atom. The van der Waals surface area contributed by atoms with Gasteiger partial charge in [-0.2, -0.15) is 0 Å². The van der Waals surface area contributed by atoms with Gasteiger partial charge in [-0.05, 0) is 50.7 Å². The summed E-state index contributed by atoms with van der Waals surface area (Å²) >= 11 is 0. The number of sulfonamides is 1. The molecule has 2 unspecified atom stereocenters. The molecule has 0 aliphatic heterocycles. The van der Waals surface area contributed by atoms with Crippen molar-refractivity contribution < 1.29 is 13.2 Å². The van der Waals surface area contributed by atoms with Crippen LogP contribution in [0.2, 0.25) is 0 Å². The van der Waals surface area contributed by atoms with Crippen molar-refractivity contribution >= 4 is 15.9 Å². The molecule has 0 aromatic heterocycles. The molecule has 1 aromatic rings. The number of hydrogen-bond acceptors (Lipinski definition) is 3. The summed E-state index contributed by atoms with van der Waals surface area (Å²) in [7, 11) is -3.78. The molecule has 0 bridgehead atoms. The molecule has 5 heteroatoms. The first-order valence-electron chi connectivity index (χ1n) is 7.68. The van der Waals surface area contributed by atoms with Gasteiger partial charge in [-0.25, -0.2) is 13.1 Å². The zero-order valence-electron chi connectivity index (χ0n) is 12.9. The first-order chi connectivity index (χ1) is 10.4. The molecule has 22 heavy (non-hydrogen) atoms. The van der Waals surface area contributed by atoms with E-state index in [0.717, 1.165) is 37.7 Å². The second-order valence-electron chi connectivity index (χ2n) is 5.95. The molecule has 0 spiro atoms. The fourth-order valence-corrected chi connectivity index (χ4v) is 4.07. The van der Waals surface area contributed by atoms with Gasteiger partial charge in [-0.1, -0.05) is 30.2 Å². The molecular formula is C17H23NO3S. The Morgan fingerprint density at radius 1 is 1.32 bits per heavy atom. The van der Waals surface area contributed by atoms with Crippen LogP contribution in [-0.2, 0) is 14.8 Å². The van der Waals surface area contributed by atoms with Crippen LogP contribution in [0.4, 0.5) is 0 Å². The van der Waals surface area contributed by atoms with Crippen LogP contribution < -0.4 is 4.72 Å². The lowest BCUT2D eigenvalue weighted by Gasteiger charge is -2.18. The maximum Gasteiger partial charge on any atom is 0.264 e. The average molecular weight is 321 g/mol. The van der Waals surface area contributed by atoms with Crippen LogP contribution in [0.15, 0.2) is 41.8 Å². The summed E-state index contributed by atoms with van der Waals surface area (Å²) in [6.45, 7) is 5.59. The molecule has 1 aliphatic carbocycles. The number of carbonyl (C=O) groups excluding carboxylic acids is 1. The molecule has 120 valence electrons. The molecule has 1 N–H and O–H groups in total. The van der Waals surface area contributed by atoms with Gasteiger partial charge in [0.05, 0.1) is 4.90 Å². The third kappa shape index (κ3) is 3.97. The number of carbonyl (C=O) groups is 1. The van der Waals surface area contributed by atoms with E-state index in [-0.39, 0.29) is 22.6 Å². The zero-order valence-corrected chi connectivity index (χ0v) is 13.7. The smallest absolute Gasteiger partial charge is 0.264 e. The quantitative estimate of drug-likeness (QED) is 0.819. The Bertz CT molecular complexity index is 634. The summed E-state index contributed by atoms with van der Waals surface area (Å²) in [6.07, 6.45) is 6.32. The minimum Gasteiger partial charge on any atom is -0.274 e. The molecular weight excluding hydrogens is 298 g/mol. The van der Waals surface area contributed by atoms with Crippen molar-refractivity contribution in [2.75, 3.05) is 0 Å². The van der Waals surface area contributed by atoms with E-state index >= 15 is 0 Å². The summed E-state index contributed by atoms with van der Waals surface area (Å²) in [6, 6.07) is 6.49. The SMILES string of the molecule is C=CCCC1CCCC1C(=O)NS(=O)(=O)c1ccc(C)cc1. The fourth-order valence-electron chi connectivity index (χ4n) is 3.04. The van der Waals surface area contributed by atoms with E-state index < -0.39 is 10.0 Å². The van der Waals surface area contributed by atoms with Crippen LogP contribution >= 0.6 is 0 Å². The summed E-state index contributed by atoms with van der Waals surface area (Å²) in [4.78, 5) is 12.5. The molecule has 1 saturated carbocycles. The van der Waals surface area contributed by atoms with Gasteiger partial charge in [0.1, 0.15) is 0 Å². The van der Waals surface area contributed by atoms with Crippen molar-refractivity contribution in [2.24, 2.45) is 11.8 Å². The van der Waals surface area contributed by atoms with Gasteiger partial charge in [0.15, 0.2) is 0 Å². The highest BCUT2D eigenvalue weighted by molar-refractivity contribution is 7.90. The fraction of sp³-hybridized carbons (Fsp3) is 0.471. The lowest BCUT2D eigenvalue weighted by molar-refractivity contribution is -0.124. The highest BCUT2D eigenvalue weighted by Crippen LogP contribution is 2.35. The Hall–Kier alpha value is -1.62. The minimum atomic E-state index is -3.78. The minimum absolute atomic E-state index is 0.132. The van der Waals surface area contributed by atoms with E-state index in [0.29, 0.717) is 0 Å². The van der Waals surface area contributed by atoms with Crippen LogP contribution in [0.25, 0.3) is 0 Å². The summed E-state index contributed by atoms with van der Waals surface area (Å²) in [5, 5.41) is 0. The molecule has 1 aromatic carbocycles. The maximum absolute atomic E-state index is 12.4. The highest BCUT2D eigenvalue weighted by Gasteiger charge is 2.34. The number of benzene rings is 1. The van der Waals surface area contributed by atoms with Crippen LogP contribution in [0.5, 0.6) is 0 Å². The van der Waals surface area contributed by atoms with E-state index in [2.05, 4.69) is 11.3 Å². The van der Waals surface area contributed by atoms with Gasteiger partial charge in [0.2, 0.25) is 5.91 Å². The molecule has 1 aliphatic rings. The van der Waals surface area contributed by atoms with Crippen molar-refractivity contribution in [1.29, 1.82) is 0 Å².